The molecule has 4 nitrogen and oxygen atoms in total. The summed E-state index contributed by atoms with van der Waals surface area (Å²) < 4.78 is 44.3. The maximum absolute atomic E-state index is 12.5. The van der Waals surface area contributed by atoms with Gasteiger partial charge in [0.15, 0.2) is 0 Å². The van der Waals surface area contributed by atoms with E-state index in [4.69, 9.17) is 4.74 Å². The molecule has 96 valence electrons. The normalized spacial score (nSPS) is 10.9. The summed E-state index contributed by atoms with van der Waals surface area (Å²) in [5.74, 6) is 0.0931. The zero-order valence-electron chi connectivity index (χ0n) is 10.6. The summed E-state index contributed by atoms with van der Waals surface area (Å²) in [5, 5.41) is 3.93. The molecule has 0 aliphatic rings. The molecule has 0 fully saturated rings. The van der Waals surface area contributed by atoms with Gasteiger partial charge >= 0.3 is 58.4 Å². The van der Waals surface area contributed by atoms with Crippen LogP contribution in [0, 0.1) is 0 Å². The van der Waals surface area contributed by atoms with Crippen molar-refractivity contribution in [3.63, 3.8) is 0 Å². The molecule has 0 N–H and O–H groups in total. The van der Waals surface area contributed by atoms with Gasteiger partial charge in [0.05, 0.1) is 12.4 Å². The summed E-state index contributed by atoms with van der Waals surface area (Å²) in [4.78, 5) is 3.52. The molecule has 19 heavy (non-hydrogen) atoms. The van der Waals surface area contributed by atoms with Crippen LogP contribution in [0.3, 0.4) is 0 Å². The van der Waals surface area contributed by atoms with Gasteiger partial charge in [0.25, 0.3) is 0 Å². The second-order valence-electron chi connectivity index (χ2n) is 3.84. The van der Waals surface area contributed by atoms with E-state index in [9.17, 15) is 12.9 Å². The largest absolute Gasteiger partial charge is 1.00 e. The summed E-state index contributed by atoms with van der Waals surface area (Å²) in [5.41, 5.74) is 0.0131. The monoisotopic (exact) mass is 295 g/mol. The van der Waals surface area contributed by atoms with Crippen LogP contribution in [0.15, 0.2) is 30.9 Å². The second-order valence-corrected chi connectivity index (χ2v) is 3.84. The number of halogens is 3. The maximum Gasteiger partial charge on any atom is 1.00 e. The van der Waals surface area contributed by atoms with Gasteiger partial charge < -0.3 is 17.7 Å². The van der Waals surface area contributed by atoms with E-state index in [1.54, 1.807) is 24.1 Å². The van der Waals surface area contributed by atoms with Crippen LogP contribution in [-0.4, -0.2) is 21.7 Å². The predicted octanol–water partition coefficient (Wildman–Crippen LogP) is -1.55. The fourth-order valence-corrected chi connectivity index (χ4v) is 1.41. The van der Waals surface area contributed by atoms with Crippen LogP contribution in [0.25, 0.3) is 0 Å². The number of hydrogen-bond acceptors (Lipinski definition) is 3. The number of aromatic nitrogens is 3. The molecule has 0 atom stereocenters. The average molecular weight is 295 g/mol. The van der Waals surface area contributed by atoms with Gasteiger partial charge in [-0.1, -0.05) is 5.46 Å². The van der Waals surface area contributed by atoms with Crippen molar-refractivity contribution in [1.29, 1.82) is 0 Å². The molecular formula is C10H10BF3KN3O. The number of hydrogen-bond donors (Lipinski definition) is 0. The first-order chi connectivity index (χ1) is 8.45. The molecular weight excluding hydrogens is 285 g/mol. The Hall–Kier alpha value is -0.349. The number of aryl methyl sites for hydroxylation is 1. The number of rotatable bonds is 4. The predicted molar refractivity (Wildman–Crippen MR) is 60.5 cm³/mol. The quantitative estimate of drug-likeness (QED) is 0.641. The molecule has 0 saturated carbocycles. The topological polar surface area (TPSA) is 39.9 Å². The Morgan fingerprint density at radius 1 is 1.26 bits per heavy atom. The standard InChI is InChI=1S/C10H10BF3N3O.K/c1-17-6-8(3-16-17)7-18-10-2-9(4-15-5-10)11(12,13)14;/h2-6H,7H2,1H3;/q-1;+1. The minimum Gasteiger partial charge on any atom is -0.487 e. The molecule has 0 saturated heterocycles. The van der Waals surface area contributed by atoms with Gasteiger partial charge in [-0.15, -0.1) is 0 Å². The third-order valence-electron chi connectivity index (χ3n) is 2.28. The Morgan fingerprint density at radius 2 is 2.00 bits per heavy atom. The minimum absolute atomic E-state index is 0. The molecule has 0 aromatic carbocycles. The summed E-state index contributed by atoms with van der Waals surface area (Å²) >= 11 is 0. The van der Waals surface area contributed by atoms with Crippen molar-refractivity contribution in [2.24, 2.45) is 7.05 Å². The third-order valence-corrected chi connectivity index (χ3v) is 2.28. The summed E-state index contributed by atoms with van der Waals surface area (Å²) in [6.07, 6.45) is 5.36. The fraction of sp³-hybridized carbons (Fsp3) is 0.200. The molecule has 9 heteroatoms. The number of ether oxygens (including phenoxy) is 1. The van der Waals surface area contributed by atoms with Gasteiger partial charge in [0.1, 0.15) is 12.4 Å². The Morgan fingerprint density at radius 3 is 2.58 bits per heavy atom. The van der Waals surface area contributed by atoms with Crippen LogP contribution in [-0.2, 0) is 13.7 Å². The molecule has 2 aromatic heterocycles. The first kappa shape index (κ1) is 16.7. The Labute approximate surface area is 150 Å². The van der Waals surface area contributed by atoms with Crippen molar-refractivity contribution in [2.75, 3.05) is 0 Å². The van der Waals surface area contributed by atoms with Crippen LogP contribution in [0.2, 0.25) is 0 Å². The summed E-state index contributed by atoms with van der Waals surface area (Å²) in [7, 11) is 1.75. The van der Waals surface area contributed by atoms with Gasteiger partial charge in [-0.25, -0.2) is 0 Å². The third kappa shape index (κ3) is 4.92. The number of nitrogens with zero attached hydrogens (tertiary/aromatic N) is 3. The Kier molecular flexibility index (Phi) is 6.06. The fourth-order valence-electron chi connectivity index (χ4n) is 1.41. The molecule has 0 radical (unpaired) electrons. The van der Waals surface area contributed by atoms with Crippen molar-refractivity contribution >= 4 is 12.4 Å². The van der Waals surface area contributed by atoms with Crippen molar-refractivity contribution in [3.05, 3.63) is 36.4 Å². The van der Waals surface area contributed by atoms with E-state index in [2.05, 4.69) is 10.1 Å². The second kappa shape index (κ2) is 6.89. The molecule has 0 aliphatic carbocycles. The van der Waals surface area contributed by atoms with Gasteiger partial charge in [-0.2, -0.15) is 5.10 Å². The van der Waals surface area contributed by atoms with Gasteiger partial charge in [-0.3, -0.25) is 9.67 Å². The molecule has 0 aliphatic heterocycles. The van der Waals surface area contributed by atoms with Crippen LogP contribution in [0.4, 0.5) is 12.9 Å². The van der Waals surface area contributed by atoms with E-state index in [1.165, 1.54) is 6.20 Å². The first-order valence-electron chi connectivity index (χ1n) is 5.20. The molecule has 2 heterocycles. The number of pyridine rings is 1. The molecule has 2 aromatic rings. The SMILES string of the molecule is Cn1cc(COc2cncc([B-](F)(F)F)c2)cn1.[K+]. The Balaban J connectivity index is 0.00000180. The summed E-state index contributed by atoms with van der Waals surface area (Å²) in [6.45, 7) is -4.89. The van der Waals surface area contributed by atoms with Crippen LogP contribution in [0.1, 0.15) is 5.56 Å². The maximum atomic E-state index is 12.5. The molecule has 0 spiro atoms. The van der Waals surface area contributed by atoms with Crippen molar-refractivity contribution in [3.8, 4) is 5.75 Å². The van der Waals surface area contributed by atoms with Gasteiger partial charge in [0.2, 0.25) is 0 Å². The minimum atomic E-state index is -5.05. The molecule has 0 bridgehead atoms. The van der Waals surface area contributed by atoms with Crippen LogP contribution in [0.5, 0.6) is 5.75 Å². The van der Waals surface area contributed by atoms with Gasteiger partial charge in [0, 0.05) is 25.0 Å². The molecule has 2 rings (SSSR count). The van der Waals surface area contributed by atoms with E-state index < -0.39 is 12.4 Å². The smallest absolute Gasteiger partial charge is 0.487 e. The average Bonchev–Trinajstić information content (AvgIpc) is 2.72. The van der Waals surface area contributed by atoms with E-state index in [1.807, 2.05) is 0 Å². The van der Waals surface area contributed by atoms with E-state index in [0.717, 1.165) is 17.8 Å². The van der Waals surface area contributed by atoms with E-state index in [-0.39, 0.29) is 63.7 Å². The van der Waals surface area contributed by atoms with E-state index in [0.29, 0.717) is 0 Å². The Bertz CT molecular complexity index is 547. The van der Waals surface area contributed by atoms with E-state index >= 15 is 0 Å². The molecule has 0 amide bonds. The molecule has 0 unspecified atom stereocenters. The zero-order valence-corrected chi connectivity index (χ0v) is 13.7. The van der Waals surface area contributed by atoms with Crippen LogP contribution < -0.4 is 61.6 Å². The summed E-state index contributed by atoms with van der Waals surface area (Å²) in [6, 6.07) is 0.948. The van der Waals surface area contributed by atoms with Crippen LogP contribution >= 0.6 is 0 Å². The zero-order chi connectivity index (χ0) is 13.2. The van der Waals surface area contributed by atoms with Crippen molar-refractivity contribution in [1.82, 2.24) is 14.8 Å². The van der Waals surface area contributed by atoms with Crippen molar-refractivity contribution in [2.45, 2.75) is 6.61 Å². The first-order valence-corrected chi connectivity index (χ1v) is 5.20. The van der Waals surface area contributed by atoms with Gasteiger partial charge in [-0.05, 0) is 6.07 Å². The van der Waals surface area contributed by atoms with Crippen molar-refractivity contribution < 1.29 is 69.1 Å².